The molecule has 0 aromatic heterocycles. The van der Waals surface area contributed by atoms with Crippen molar-refractivity contribution in [3.63, 3.8) is 0 Å². The van der Waals surface area contributed by atoms with E-state index in [4.69, 9.17) is 4.74 Å². The number of fused-ring (bicyclic) bond motifs is 1. The number of non-ortho nitro benzene ring substituents is 1. The number of hydrogen-bond donors (Lipinski definition) is 5. The zero-order chi connectivity index (χ0) is 23.5. The molecule has 2 aromatic rings. The predicted octanol–water partition coefficient (Wildman–Crippen LogP) is 0.735. The molecule has 0 spiro atoms. The fourth-order valence-electron chi connectivity index (χ4n) is 3.94. The fraction of sp³-hybridized carbons (Fsp3) is 0.286. The molecule has 12 heteroatoms. The summed E-state index contributed by atoms with van der Waals surface area (Å²) in [6.45, 7) is 0. The molecule has 0 saturated carbocycles. The Morgan fingerprint density at radius 2 is 1.88 bits per heavy atom. The summed E-state index contributed by atoms with van der Waals surface area (Å²) >= 11 is 0. The first-order valence-electron chi connectivity index (χ1n) is 10.2. The van der Waals surface area contributed by atoms with Crippen LogP contribution in [0.4, 0.5) is 17.1 Å². The lowest BCUT2D eigenvalue weighted by molar-refractivity contribution is -0.384. The lowest BCUT2D eigenvalue weighted by Gasteiger charge is -2.43. The number of nitrogens with one attached hydrogen (secondary N) is 5. The quantitative estimate of drug-likeness (QED) is 0.315. The minimum Gasteiger partial charge on any atom is -0.497 e. The van der Waals surface area contributed by atoms with Gasteiger partial charge in [-0.1, -0.05) is 6.07 Å². The van der Waals surface area contributed by atoms with Crippen LogP contribution in [0, 0.1) is 22.0 Å². The first-order chi connectivity index (χ1) is 15.8. The molecule has 2 aromatic carbocycles. The van der Waals surface area contributed by atoms with E-state index in [2.05, 4.69) is 26.6 Å². The van der Waals surface area contributed by atoms with Gasteiger partial charge in [0.15, 0.2) is 6.29 Å². The maximum atomic E-state index is 12.9. The zero-order valence-corrected chi connectivity index (χ0v) is 17.5. The van der Waals surface area contributed by atoms with Gasteiger partial charge in [0.1, 0.15) is 5.75 Å². The van der Waals surface area contributed by atoms with Crippen molar-refractivity contribution in [3.8, 4) is 5.75 Å². The van der Waals surface area contributed by atoms with Crippen LogP contribution in [0.5, 0.6) is 5.75 Å². The highest BCUT2D eigenvalue weighted by atomic mass is 16.6. The number of ether oxygens (including phenoxy) is 1. The molecule has 3 amide bonds. The highest BCUT2D eigenvalue weighted by molar-refractivity contribution is 6.00. The molecule has 0 radical (unpaired) electrons. The van der Waals surface area contributed by atoms with Gasteiger partial charge in [0.25, 0.3) is 5.69 Å². The predicted molar refractivity (Wildman–Crippen MR) is 117 cm³/mol. The molecule has 2 aliphatic rings. The third-order valence-corrected chi connectivity index (χ3v) is 5.51. The summed E-state index contributed by atoms with van der Waals surface area (Å²) in [6, 6.07) is 12.5. The van der Waals surface area contributed by atoms with Crippen LogP contribution in [0.2, 0.25) is 0 Å². The number of amides is 3. The molecule has 0 aliphatic carbocycles. The van der Waals surface area contributed by atoms with Gasteiger partial charge in [-0.15, -0.1) is 0 Å². The van der Waals surface area contributed by atoms with Crippen LogP contribution in [-0.2, 0) is 14.4 Å². The largest absolute Gasteiger partial charge is 0.497 e. The Labute approximate surface area is 188 Å². The van der Waals surface area contributed by atoms with Crippen molar-refractivity contribution in [3.05, 3.63) is 58.6 Å². The van der Waals surface area contributed by atoms with Gasteiger partial charge in [-0.3, -0.25) is 29.8 Å². The van der Waals surface area contributed by atoms with E-state index in [0.717, 1.165) is 0 Å². The maximum Gasteiger partial charge on any atom is 0.271 e. The van der Waals surface area contributed by atoms with Crippen LogP contribution in [-0.4, -0.2) is 42.2 Å². The molecular weight excluding hydrogens is 432 g/mol. The van der Waals surface area contributed by atoms with E-state index in [0.29, 0.717) is 11.4 Å². The Morgan fingerprint density at radius 3 is 2.58 bits per heavy atom. The topological polar surface area (TPSA) is 164 Å². The highest BCUT2D eigenvalue weighted by Gasteiger charge is 2.48. The molecule has 2 saturated heterocycles. The fourth-order valence-corrected chi connectivity index (χ4v) is 3.94. The van der Waals surface area contributed by atoms with E-state index in [-0.39, 0.29) is 23.7 Å². The normalized spacial score (nSPS) is 24.0. The average Bonchev–Trinajstić information content (AvgIpc) is 2.79. The monoisotopic (exact) mass is 454 g/mol. The molecule has 0 bridgehead atoms. The highest BCUT2D eigenvalue weighted by Crippen LogP contribution is 2.28. The summed E-state index contributed by atoms with van der Waals surface area (Å²) in [5, 5.41) is 25.2. The number of nitro groups is 1. The first-order valence-corrected chi connectivity index (χ1v) is 10.2. The number of nitrogens with zero attached hydrogens (tertiary/aromatic N) is 1. The third kappa shape index (κ3) is 4.85. The molecule has 2 aliphatic heterocycles. The van der Waals surface area contributed by atoms with E-state index in [1.807, 2.05) is 0 Å². The summed E-state index contributed by atoms with van der Waals surface area (Å²) < 4.78 is 5.12. The van der Waals surface area contributed by atoms with E-state index in [1.165, 1.54) is 24.3 Å². The van der Waals surface area contributed by atoms with Crippen molar-refractivity contribution in [2.24, 2.45) is 11.8 Å². The van der Waals surface area contributed by atoms with Crippen LogP contribution < -0.4 is 31.3 Å². The molecule has 5 N–H and O–H groups in total. The second-order valence-electron chi connectivity index (χ2n) is 7.66. The summed E-state index contributed by atoms with van der Waals surface area (Å²) in [5.74, 6) is -2.52. The Bertz CT molecular complexity index is 1090. The second-order valence-corrected chi connectivity index (χ2v) is 7.66. The standard InChI is InChI=1S/C21H22N6O6/c1-33-14-7-5-11(6-8-14)23-21-25-18-17(20(30)26-21)15(10-16(28)24-18)19(29)22-12-3-2-4-13(9-12)27(31)32/h2-9,15,17-18,21,23,25H,10H2,1H3,(H,22,29)(H,24,28)(H,26,30). The Balaban J connectivity index is 1.46. The van der Waals surface area contributed by atoms with Crippen LogP contribution in [0.15, 0.2) is 48.5 Å². The van der Waals surface area contributed by atoms with E-state index in [1.54, 1.807) is 31.4 Å². The van der Waals surface area contributed by atoms with Gasteiger partial charge in [0.05, 0.1) is 30.0 Å². The molecular formula is C21H22N6O6. The number of benzene rings is 2. The first kappa shape index (κ1) is 22.0. The molecule has 2 fully saturated rings. The van der Waals surface area contributed by atoms with Crippen LogP contribution in [0.1, 0.15) is 6.42 Å². The number of rotatable bonds is 6. The smallest absolute Gasteiger partial charge is 0.271 e. The van der Waals surface area contributed by atoms with Gasteiger partial charge in [-0.05, 0) is 30.3 Å². The number of methoxy groups -OCH3 is 1. The third-order valence-electron chi connectivity index (χ3n) is 5.51. The average molecular weight is 454 g/mol. The second kappa shape index (κ2) is 9.12. The zero-order valence-electron chi connectivity index (χ0n) is 17.5. The SMILES string of the molecule is COc1ccc(NC2NC(=O)C3C(NC(=O)CC3C(=O)Nc3cccc([N+](=O)[O-])c3)N2)cc1. The van der Waals surface area contributed by atoms with Crippen LogP contribution >= 0.6 is 0 Å². The summed E-state index contributed by atoms with van der Waals surface area (Å²) in [6.07, 6.45) is -1.66. The summed E-state index contributed by atoms with van der Waals surface area (Å²) in [4.78, 5) is 48.5. The van der Waals surface area contributed by atoms with Crippen LogP contribution in [0.25, 0.3) is 0 Å². The molecule has 4 unspecified atom stereocenters. The molecule has 4 rings (SSSR count). The number of carbonyl (C=O) groups excluding carboxylic acids is 3. The van der Waals surface area contributed by atoms with Crippen LogP contribution in [0.3, 0.4) is 0 Å². The lowest BCUT2D eigenvalue weighted by Crippen LogP contribution is -2.72. The minimum atomic E-state index is -0.961. The van der Waals surface area contributed by atoms with Crippen molar-refractivity contribution in [1.29, 1.82) is 0 Å². The maximum absolute atomic E-state index is 12.9. The van der Waals surface area contributed by atoms with E-state index >= 15 is 0 Å². The van der Waals surface area contributed by atoms with Crippen molar-refractivity contribution in [2.75, 3.05) is 17.7 Å². The van der Waals surface area contributed by atoms with Gasteiger partial charge in [-0.25, -0.2) is 0 Å². The van der Waals surface area contributed by atoms with Gasteiger partial charge in [0, 0.05) is 29.9 Å². The molecule has 12 nitrogen and oxygen atoms in total. The lowest BCUT2D eigenvalue weighted by atomic mass is 9.81. The van der Waals surface area contributed by atoms with Crippen molar-refractivity contribution >= 4 is 34.8 Å². The Kier molecular flexibility index (Phi) is 6.09. The Morgan fingerprint density at radius 1 is 1.12 bits per heavy atom. The number of nitro benzene ring substituents is 1. The van der Waals surface area contributed by atoms with Crippen molar-refractivity contribution < 1.29 is 24.0 Å². The Hall–Kier alpha value is -4.19. The molecule has 2 heterocycles. The molecule has 33 heavy (non-hydrogen) atoms. The van der Waals surface area contributed by atoms with Crippen molar-refractivity contribution in [2.45, 2.75) is 18.9 Å². The number of anilines is 2. The van der Waals surface area contributed by atoms with Gasteiger partial charge in [0.2, 0.25) is 17.7 Å². The number of piperidine rings is 1. The number of carbonyl (C=O) groups is 3. The van der Waals surface area contributed by atoms with Crippen molar-refractivity contribution in [1.82, 2.24) is 16.0 Å². The minimum absolute atomic E-state index is 0.184. The van der Waals surface area contributed by atoms with Gasteiger partial charge < -0.3 is 26.0 Å². The van der Waals surface area contributed by atoms with E-state index in [9.17, 15) is 24.5 Å². The summed E-state index contributed by atoms with van der Waals surface area (Å²) in [7, 11) is 1.56. The van der Waals surface area contributed by atoms with Gasteiger partial charge in [-0.2, -0.15) is 0 Å². The molecule has 172 valence electrons. The molecule has 4 atom stereocenters. The van der Waals surface area contributed by atoms with Gasteiger partial charge >= 0.3 is 0 Å². The number of hydrogen-bond acceptors (Lipinski definition) is 8. The summed E-state index contributed by atoms with van der Waals surface area (Å²) in [5.41, 5.74) is 0.727. The van der Waals surface area contributed by atoms with E-state index < -0.39 is 41.0 Å².